The Morgan fingerprint density at radius 3 is 1.09 bits per heavy atom. The smallest absolute Gasteiger partial charge is 0.0187 e. The third-order valence-electron chi connectivity index (χ3n) is 6.97. The average molecular weight is 509 g/mol. The zero-order chi connectivity index (χ0) is 23.4. The van der Waals surface area contributed by atoms with E-state index in [9.17, 15) is 0 Å². The van der Waals surface area contributed by atoms with Gasteiger partial charge in [0.2, 0.25) is 0 Å². The lowest BCUT2D eigenvalue weighted by Gasteiger charge is -2.11. The zero-order valence-corrected chi connectivity index (χ0v) is 20.6. The van der Waals surface area contributed by atoms with Crippen molar-refractivity contribution in [2.45, 2.75) is 0 Å². The van der Waals surface area contributed by atoms with Crippen molar-refractivity contribution in [2.75, 3.05) is 0 Å². The van der Waals surface area contributed by atoms with Crippen LogP contribution >= 0.6 is 15.9 Å². The van der Waals surface area contributed by atoms with Crippen molar-refractivity contribution in [2.24, 2.45) is 0 Å². The van der Waals surface area contributed by atoms with Crippen molar-refractivity contribution in [1.82, 2.24) is 0 Å². The average Bonchev–Trinajstić information content (AvgIpc) is 2.89. The Morgan fingerprint density at radius 2 is 0.657 bits per heavy atom. The molecule has 0 unspecified atom stereocenters. The van der Waals surface area contributed by atoms with Gasteiger partial charge in [0.15, 0.2) is 0 Å². The van der Waals surface area contributed by atoms with Crippen LogP contribution in [0, 0.1) is 0 Å². The Labute approximate surface area is 212 Å². The number of rotatable bonds is 2. The standard InChI is InChI=1S/C34H21Br/c35-34-20-32(28-11-9-26-13-22-5-1-3-7-24(22)15-30(26)17-28)19-33(21-34)29-12-10-27-14-23-6-2-4-8-25(23)16-31(27)18-29/h1-21H. The van der Waals surface area contributed by atoms with Crippen molar-refractivity contribution >= 4 is 59.0 Å². The molecule has 0 aliphatic carbocycles. The van der Waals surface area contributed by atoms with Crippen LogP contribution in [0.5, 0.6) is 0 Å². The molecule has 7 aromatic rings. The van der Waals surface area contributed by atoms with Crippen LogP contribution in [0.1, 0.15) is 0 Å². The minimum Gasteiger partial charge on any atom is -0.0616 e. The van der Waals surface area contributed by atoms with Gasteiger partial charge in [-0.1, -0.05) is 88.7 Å². The second-order valence-corrected chi connectivity index (χ2v) is 10.2. The van der Waals surface area contributed by atoms with Crippen LogP contribution in [0.4, 0.5) is 0 Å². The molecule has 0 aliphatic heterocycles. The van der Waals surface area contributed by atoms with Crippen LogP contribution in [-0.2, 0) is 0 Å². The summed E-state index contributed by atoms with van der Waals surface area (Å²) in [5, 5.41) is 10.2. The number of hydrogen-bond acceptors (Lipinski definition) is 0. The van der Waals surface area contributed by atoms with Crippen molar-refractivity contribution in [3.8, 4) is 22.3 Å². The van der Waals surface area contributed by atoms with Crippen molar-refractivity contribution in [3.63, 3.8) is 0 Å². The molecule has 0 amide bonds. The monoisotopic (exact) mass is 508 g/mol. The number of hydrogen-bond donors (Lipinski definition) is 0. The topological polar surface area (TPSA) is 0 Å². The molecule has 0 atom stereocenters. The van der Waals surface area contributed by atoms with E-state index in [1.165, 1.54) is 65.3 Å². The van der Waals surface area contributed by atoms with E-state index in [0.29, 0.717) is 0 Å². The molecule has 7 rings (SSSR count). The molecule has 0 saturated heterocycles. The van der Waals surface area contributed by atoms with E-state index in [0.717, 1.165) is 4.47 Å². The van der Waals surface area contributed by atoms with E-state index < -0.39 is 0 Å². The fraction of sp³-hybridized carbons (Fsp3) is 0. The summed E-state index contributed by atoms with van der Waals surface area (Å²) in [6.45, 7) is 0. The molecule has 0 radical (unpaired) electrons. The van der Waals surface area contributed by atoms with Gasteiger partial charge in [-0.25, -0.2) is 0 Å². The van der Waals surface area contributed by atoms with Gasteiger partial charge in [0.05, 0.1) is 0 Å². The molecule has 0 spiro atoms. The number of halogens is 1. The van der Waals surface area contributed by atoms with E-state index in [4.69, 9.17) is 0 Å². The van der Waals surface area contributed by atoms with Crippen LogP contribution < -0.4 is 0 Å². The summed E-state index contributed by atoms with van der Waals surface area (Å²) >= 11 is 3.77. The summed E-state index contributed by atoms with van der Waals surface area (Å²) < 4.78 is 1.09. The highest BCUT2D eigenvalue weighted by molar-refractivity contribution is 9.10. The molecule has 164 valence electrons. The maximum Gasteiger partial charge on any atom is 0.0187 e. The van der Waals surface area contributed by atoms with Crippen molar-refractivity contribution < 1.29 is 0 Å². The molecule has 0 N–H and O–H groups in total. The first kappa shape index (κ1) is 20.4. The Morgan fingerprint density at radius 1 is 0.286 bits per heavy atom. The molecule has 0 heterocycles. The third-order valence-corrected chi connectivity index (χ3v) is 7.43. The number of fused-ring (bicyclic) bond motifs is 4. The van der Waals surface area contributed by atoms with E-state index in [1.807, 2.05) is 0 Å². The minimum atomic E-state index is 1.09. The molecule has 0 fully saturated rings. The molecule has 0 saturated carbocycles. The Hall–Kier alpha value is -3.94. The Balaban J connectivity index is 1.35. The fourth-order valence-electron chi connectivity index (χ4n) is 5.16. The lowest BCUT2D eigenvalue weighted by Crippen LogP contribution is -1.85. The Bertz CT molecular complexity index is 1780. The maximum atomic E-state index is 3.77. The lowest BCUT2D eigenvalue weighted by atomic mass is 9.95. The molecule has 1 heteroatoms. The largest absolute Gasteiger partial charge is 0.0616 e. The first-order valence-corrected chi connectivity index (χ1v) is 12.7. The van der Waals surface area contributed by atoms with Gasteiger partial charge in [-0.3, -0.25) is 0 Å². The summed E-state index contributed by atoms with van der Waals surface area (Å²) in [7, 11) is 0. The summed E-state index contributed by atoms with van der Waals surface area (Å²) in [6.07, 6.45) is 0. The van der Waals surface area contributed by atoms with Crippen LogP contribution in [0.2, 0.25) is 0 Å². The molecule has 0 aromatic heterocycles. The van der Waals surface area contributed by atoms with Gasteiger partial charge in [-0.2, -0.15) is 0 Å². The fourth-order valence-corrected chi connectivity index (χ4v) is 5.66. The first-order chi connectivity index (χ1) is 17.2. The molecule has 0 nitrogen and oxygen atoms in total. The van der Waals surface area contributed by atoms with E-state index in [-0.39, 0.29) is 0 Å². The van der Waals surface area contributed by atoms with E-state index in [2.05, 4.69) is 143 Å². The quantitative estimate of drug-likeness (QED) is 0.203. The van der Waals surface area contributed by atoms with Crippen molar-refractivity contribution in [1.29, 1.82) is 0 Å². The van der Waals surface area contributed by atoms with Gasteiger partial charge in [0.25, 0.3) is 0 Å². The van der Waals surface area contributed by atoms with Gasteiger partial charge >= 0.3 is 0 Å². The normalized spacial score (nSPS) is 11.6. The van der Waals surface area contributed by atoms with E-state index >= 15 is 0 Å². The van der Waals surface area contributed by atoms with E-state index in [1.54, 1.807) is 0 Å². The molecule has 0 aliphatic rings. The molecule has 35 heavy (non-hydrogen) atoms. The predicted octanol–water partition coefficient (Wildman–Crippen LogP) is 10.4. The van der Waals surface area contributed by atoms with Gasteiger partial charge in [-0.05, 0) is 120 Å². The second kappa shape index (κ2) is 8.08. The zero-order valence-electron chi connectivity index (χ0n) is 19.0. The predicted molar refractivity (Wildman–Crippen MR) is 155 cm³/mol. The first-order valence-electron chi connectivity index (χ1n) is 11.9. The van der Waals surface area contributed by atoms with Gasteiger partial charge < -0.3 is 0 Å². The summed E-state index contributed by atoms with van der Waals surface area (Å²) in [6, 6.07) is 46.5. The highest BCUT2D eigenvalue weighted by atomic mass is 79.9. The van der Waals surface area contributed by atoms with Crippen LogP contribution in [0.15, 0.2) is 132 Å². The summed E-state index contributed by atoms with van der Waals surface area (Å²) in [5.74, 6) is 0. The minimum absolute atomic E-state index is 1.09. The van der Waals surface area contributed by atoms with Gasteiger partial charge in [0, 0.05) is 4.47 Å². The van der Waals surface area contributed by atoms with Crippen LogP contribution in [-0.4, -0.2) is 0 Å². The van der Waals surface area contributed by atoms with Gasteiger partial charge in [-0.15, -0.1) is 0 Å². The molecular weight excluding hydrogens is 488 g/mol. The summed E-state index contributed by atoms with van der Waals surface area (Å²) in [4.78, 5) is 0. The van der Waals surface area contributed by atoms with Crippen LogP contribution in [0.3, 0.4) is 0 Å². The van der Waals surface area contributed by atoms with Gasteiger partial charge in [0.1, 0.15) is 0 Å². The third kappa shape index (κ3) is 3.69. The van der Waals surface area contributed by atoms with Crippen molar-refractivity contribution in [3.05, 3.63) is 132 Å². The number of benzene rings is 7. The molecule has 7 aromatic carbocycles. The lowest BCUT2D eigenvalue weighted by molar-refractivity contribution is 1.59. The second-order valence-electron chi connectivity index (χ2n) is 9.25. The molecule has 0 bridgehead atoms. The Kier molecular flexibility index (Phi) is 4.72. The highest BCUT2D eigenvalue weighted by Crippen LogP contribution is 2.34. The summed E-state index contributed by atoms with van der Waals surface area (Å²) in [5.41, 5.74) is 4.87. The SMILES string of the molecule is Brc1cc(-c2ccc3cc4ccccc4cc3c2)cc(-c2ccc3cc4ccccc4cc3c2)c1. The van der Waals surface area contributed by atoms with Crippen LogP contribution in [0.25, 0.3) is 65.3 Å². The maximum absolute atomic E-state index is 3.77. The molecular formula is C34H21Br. The highest BCUT2D eigenvalue weighted by Gasteiger charge is 2.08.